The van der Waals surface area contributed by atoms with Gasteiger partial charge in [0.25, 0.3) is 0 Å². The lowest BCUT2D eigenvalue weighted by atomic mass is 9.73. The smallest absolute Gasteiger partial charge is 0.0630 e. The molecule has 3 nitrogen and oxygen atoms in total. The van der Waals surface area contributed by atoms with Gasteiger partial charge in [0.05, 0.1) is 5.69 Å². The molecule has 2 rings (SSSR count). The Hall–Kier alpha value is -0.830. The van der Waals surface area contributed by atoms with E-state index in [1.165, 1.54) is 50.6 Å². The SMILES string of the molecule is CCC(C)n1ccc(CC2(CN)CCCCCCC2)n1. The Kier molecular flexibility index (Phi) is 5.64. The highest BCUT2D eigenvalue weighted by molar-refractivity contribution is 5.04. The first-order valence-electron chi connectivity index (χ1n) is 8.43. The van der Waals surface area contributed by atoms with Gasteiger partial charge in [-0.25, -0.2) is 0 Å². The molecule has 0 amide bonds. The molecule has 0 saturated heterocycles. The third-order valence-electron chi connectivity index (χ3n) is 5.11. The summed E-state index contributed by atoms with van der Waals surface area (Å²) in [5, 5.41) is 4.78. The van der Waals surface area contributed by atoms with Crippen LogP contribution in [0.3, 0.4) is 0 Å². The molecule has 114 valence electrons. The van der Waals surface area contributed by atoms with Gasteiger partial charge < -0.3 is 5.73 Å². The maximum atomic E-state index is 6.16. The molecule has 20 heavy (non-hydrogen) atoms. The first-order valence-corrected chi connectivity index (χ1v) is 8.43. The fourth-order valence-electron chi connectivity index (χ4n) is 3.40. The van der Waals surface area contributed by atoms with E-state index in [1.807, 2.05) is 0 Å². The van der Waals surface area contributed by atoms with Crippen molar-refractivity contribution in [1.82, 2.24) is 9.78 Å². The minimum absolute atomic E-state index is 0.301. The van der Waals surface area contributed by atoms with Gasteiger partial charge in [0, 0.05) is 12.2 Å². The monoisotopic (exact) mass is 277 g/mol. The van der Waals surface area contributed by atoms with Crippen LogP contribution >= 0.6 is 0 Å². The topological polar surface area (TPSA) is 43.8 Å². The molecule has 0 spiro atoms. The number of hydrogen-bond donors (Lipinski definition) is 1. The Morgan fingerprint density at radius 2 is 1.90 bits per heavy atom. The van der Waals surface area contributed by atoms with E-state index >= 15 is 0 Å². The average molecular weight is 277 g/mol. The van der Waals surface area contributed by atoms with E-state index in [2.05, 4.69) is 30.8 Å². The van der Waals surface area contributed by atoms with E-state index in [9.17, 15) is 0 Å². The molecular formula is C17H31N3. The molecule has 1 atom stereocenters. The molecule has 1 fully saturated rings. The van der Waals surface area contributed by atoms with Crippen molar-refractivity contribution in [3.63, 3.8) is 0 Å². The quantitative estimate of drug-likeness (QED) is 0.881. The fraction of sp³-hybridized carbons (Fsp3) is 0.824. The summed E-state index contributed by atoms with van der Waals surface area (Å²) in [6, 6.07) is 2.69. The predicted octanol–water partition coefficient (Wildman–Crippen LogP) is 4.09. The van der Waals surface area contributed by atoms with Crippen LogP contribution < -0.4 is 5.73 Å². The largest absolute Gasteiger partial charge is 0.330 e. The van der Waals surface area contributed by atoms with Crippen molar-refractivity contribution >= 4 is 0 Å². The van der Waals surface area contributed by atoms with Crippen LogP contribution in [0.5, 0.6) is 0 Å². The Morgan fingerprint density at radius 3 is 2.50 bits per heavy atom. The molecule has 3 heteroatoms. The molecule has 1 heterocycles. The second kappa shape index (κ2) is 7.26. The average Bonchev–Trinajstić information content (AvgIpc) is 2.89. The first kappa shape index (κ1) is 15.6. The van der Waals surface area contributed by atoms with Crippen molar-refractivity contribution in [2.24, 2.45) is 11.1 Å². The molecule has 0 aromatic carbocycles. The molecule has 1 aromatic rings. The van der Waals surface area contributed by atoms with Crippen LogP contribution in [0, 0.1) is 5.41 Å². The Balaban J connectivity index is 2.05. The molecule has 1 unspecified atom stereocenters. The van der Waals surface area contributed by atoms with Gasteiger partial charge in [0.15, 0.2) is 0 Å². The van der Waals surface area contributed by atoms with E-state index in [0.29, 0.717) is 11.5 Å². The van der Waals surface area contributed by atoms with Gasteiger partial charge >= 0.3 is 0 Å². The standard InChI is InChI=1S/C17H31N3/c1-3-15(2)20-12-9-16(19-20)13-17(14-18)10-7-5-4-6-8-11-17/h9,12,15H,3-8,10-11,13-14,18H2,1-2H3. The van der Waals surface area contributed by atoms with Crippen molar-refractivity contribution in [1.29, 1.82) is 0 Å². The Morgan fingerprint density at radius 1 is 1.25 bits per heavy atom. The van der Waals surface area contributed by atoms with Crippen molar-refractivity contribution < 1.29 is 0 Å². The Labute approximate surface area is 123 Å². The van der Waals surface area contributed by atoms with Gasteiger partial charge in [-0.05, 0) is 50.6 Å². The molecule has 0 aliphatic heterocycles. The lowest BCUT2D eigenvalue weighted by Gasteiger charge is -2.34. The van der Waals surface area contributed by atoms with Crippen LogP contribution in [0.1, 0.15) is 76.9 Å². The van der Waals surface area contributed by atoms with E-state index in [1.54, 1.807) is 0 Å². The summed E-state index contributed by atoms with van der Waals surface area (Å²) in [5.41, 5.74) is 7.70. The van der Waals surface area contributed by atoms with Crippen LogP contribution in [-0.4, -0.2) is 16.3 Å². The lowest BCUT2D eigenvalue weighted by molar-refractivity contribution is 0.214. The zero-order valence-corrected chi connectivity index (χ0v) is 13.3. The van der Waals surface area contributed by atoms with E-state index in [4.69, 9.17) is 10.8 Å². The van der Waals surface area contributed by atoms with Gasteiger partial charge in [-0.2, -0.15) is 5.10 Å². The zero-order chi connectivity index (χ0) is 14.4. The van der Waals surface area contributed by atoms with Crippen LogP contribution in [0.2, 0.25) is 0 Å². The highest BCUT2D eigenvalue weighted by Gasteiger charge is 2.30. The summed E-state index contributed by atoms with van der Waals surface area (Å²) in [4.78, 5) is 0. The van der Waals surface area contributed by atoms with E-state index < -0.39 is 0 Å². The van der Waals surface area contributed by atoms with Crippen LogP contribution in [0.25, 0.3) is 0 Å². The minimum atomic E-state index is 0.301. The third-order valence-corrected chi connectivity index (χ3v) is 5.11. The fourth-order valence-corrected chi connectivity index (χ4v) is 3.40. The number of nitrogens with two attached hydrogens (primary N) is 1. The summed E-state index contributed by atoms with van der Waals surface area (Å²) in [7, 11) is 0. The zero-order valence-electron chi connectivity index (χ0n) is 13.3. The lowest BCUT2D eigenvalue weighted by Crippen LogP contribution is -2.33. The minimum Gasteiger partial charge on any atom is -0.330 e. The third kappa shape index (κ3) is 3.85. The molecular weight excluding hydrogens is 246 g/mol. The number of nitrogens with zero attached hydrogens (tertiary/aromatic N) is 2. The molecule has 1 aromatic heterocycles. The number of hydrogen-bond acceptors (Lipinski definition) is 2. The molecule has 1 aliphatic carbocycles. The van der Waals surface area contributed by atoms with Crippen LogP contribution in [-0.2, 0) is 6.42 Å². The second-order valence-electron chi connectivity index (χ2n) is 6.69. The molecule has 0 radical (unpaired) electrons. The highest BCUT2D eigenvalue weighted by atomic mass is 15.3. The summed E-state index contributed by atoms with van der Waals surface area (Å²) < 4.78 is 2.11. The normalized spacial score (nSPS) is 21.1. The van der Waals surface area contributed by atoms with Crippen LogP contribution in [0.4, 0.5) is 0 Å². The van der Waals surface area contributed by atoms with Crippen molar-refractivity contribution in [2.45, 2.75) is 77.7 Å². The predicted molar refractivity (Wildman–Crippen MR) is 84.7 cm³/mol. The summed E-state index contributed by atoms with van der Waals surface area (Å²) in [6.45, 7) is 5.25. The summed E-state index contributed by atoms with van der Waals surface area (Å²) >= 11 is 0. The van der Waals surface area contributed by atoms with Crippen molar-refractivity contribution in [2.75, 3.05) is 6.54 Å². The maximum absolute atomic E-state index is 6.16. The van der Waals surface area contributed by atoms with Gasteiger partial charge in [-0.15, -0.1) is 0 Å². The molecule has 2 N–H and O–H groups in total. The summed E-state index contributed by atoms with van der Waals surface area (Å²) in [5.74, 6) is 0. The second-order valence-corrected chi connectivity index (χ2v) is 6.69. The van der Waals surface area contributed by atoms with Gasteiger partial charge in [-0.1, -0.05) is 39.0 Å². The van der Waals surface area contributed by atoms with E-state index in [-0.39, 0.29) is 0 Å². The molecule has 1 aliphatic rings. The van der Waals surface area contributed by atoms with E-state index in [0.717, 1.165) is 19.4 Å². The first-order chi connectivity index (χ1) is 9.69. The van der Waals surface area contributed by atoms with Crippen molar-refractivity contribution in [3.8, 4) is 0 Å². The molecule has 0 bridgehead atoms. The van der Waals surface area contributed by atoms with Gasteiger partial charge in [-0.3, -0.25) is 4.68 Å². The number of rotatable bonds is 5. The Bertz CT molecular complexity index is 389. The van der Waals surface area contributed by atoms with Crippen molar-refractivity contribution in [3.05, 3.63) is 18.0 Å². The molecule has 1 saturated carbocycles. The maximum Gasteiger partial charge on any atom is 0.0630 e. The van der Waals surface area contributed by atoms with Crippen LogP contribution in [0.15, 0.2) is 12.3 Å². The summed E-state index contributed by atoms with van der Waals surface area (Å²) in [6.07, 6.45) is 13.7. The highest BCUT2D eigenvalue weighted by Crippen LogP contribution is 2.36. The van der Waals surface area contributed by atoms with Gasteiger partial charge in [0.1, 0.15) is 0 Å². The van der Waals surface area contributed by atoms with Gasteiger partial charge in [0.2, 0.25) is 0 Å². The number of aromatic nitrogens is 2.